The van der Waals surface area contributed by atoms with Crippen molar-refractivity contribution in [1.29, 1.82) is 0 Å². The fourth-order valence-corrected chi connectivity index (χ4v) is 3.76. The van der Waals surface area contributed by atoms with Crippen molar-refractivity contribution in [1.82, 2.24) is 5.32 Å². The molecule has 1 aliphatic heterocycles. The second kappa shape index (κ2) is 10.3. The van der Waals surface area contributed by atoms with Crippen LogP contribution in [-0.2, 0) is 19.6 Å². The average Bonchev–Trinajstić information content (AvgIpc) is 3.23. The molecule has 14 heteroatoms. The Bertz CT molecular complexity index is 1260. The number of nitrogens with one attached hydrogen (secondary N) is 2. The Morgan fingerprint density at radius 3 is 2.36 bits per heavy atom. The van der Waals surface area contributed by atoms with Gasteiger partial charge in [0.15, 0.2) is 17.7 Å². The van der Waals surface area contributed by atoms with E-state index in [1.807, 2.05) is 0 Å². The molecule has 1 heterocycles. The van der Waals surface area contributed by atoms with E-state index in [0.717, 1.165) is 25.3 Å². The zero-order valence-corrected chi connectivity index (χ0v) is 20.0. The molecule has 2 N–H and O–H groups in total. The van der Waals surface area contributed by atoms with Crippen molar-refractivity contribution in [3.63, 3.8) is 0 Å². The number of alkyl halides is 3. The number of hydrogen-bond donors (Lipinski definition) is 2. The van der Waals surface area contributed by atoms with E-state index in [-0.39, 0.29) is 29.6 Å². The number of hydrogen-bond acceptors (Lipinski definition) is 6. The third-order valence-electron chi connectivity index (χ3n) is 5.19. The van der Waals surface area contributed by atoms with Gasteiger partial charge in [0.05, 0.1) is 18.2 Å². The first-order chi connectivity index (χ1) is 16.6. The van der Waals surface area contributed by atoms with Crippen LogP contribution in [-0.4, -0.2) is 45.5 Å². The maximum atomic E-state index is 14.2. The number of sulfonamides is 1. The molecular formula is C22H22F5N3O5S. The summed E-state index contributed by atoms with van der Waals surface area (Å²) in [5.74, 6) is -4.70. The molecule has 2 unspecified atom stereocenters. The Kier molecular flexibility index (Phi) is 7.76. The summed E-state index contributed by atoms with van der Waals surface area (Å²) in [6.07, 6.45) is -4.02. The molecule has 3 atom stereocenters. The maximum Gasteiger partial charge on any atom is 0.395 e. The number of carbonyl (C=O) groups excluding carboxylic acids is 1. The van der Waals surface area contributed by atoms with Crippen LogP contribution in [0.2, 0.25) is 0 Å². The number of amides is 1. The standard InChI is InChI=1S/C22H22F5N3O5S/c1-11(22(25,26)27)13-5-4-6-15(7-13)35-21-29-18(10-34-21)20(31)28-12(2)14-8-16(23)19(17(24)9-14)30-36(3,32)33/h4-9,11-12,18,30H,10H2,1-3H3,(H,28,31)/t11?,12-,18?/m1/s1. The molecule has 0 spiro atoms. The van der Waals surface area contributed by atoms with Crippen LogP contribution in [0.3, 0.4) is 0 Å². The van der Waals surface area contributed by atoms with E-state index in [0.29, 0.717) is 0 Å². The normalized spacial score (nSPS) is 17.6. The van der Waals surface area contributed by atoms with Crippen molar-refractivity contribution in [2.45, 2.75) is 38.0 Å². The zero-order valence-electron chi connectivity index (χ0n) is 19.2. The van der Waals surface area contributed by atoms with Crippen molar-refractivity contribution in [3.8, 4) is 5.75 Å². The van der Waals surface area contributed by atoms with Crippen molar-refractivity contribution in [3.05, 3.63) is 59.2 Å². The topological polar surface area (TPSA) is 106 Å². The first-order valence-electron chi connectivity index (χ1n) is 10.5. The molecule has 0 bridgehead atoms. The summed E-state index contributed by atoms with van der Waals surface area (Å²) in [5.41, 5.74) is -0.852. The Labute approximate surface area is 203 Å². The summed E-state index contributed by atoms with van der Waals surface area (Å²) in [4.78, 5) is 16.5. The van der Waals surface area contributed by atoms with Gasteiger partial charge in [0.1, 0.15) is 18.0 Å². The fraction of sp³-hybridized carbons (Fsp3) is 0.364. The first kappa shape index (κ1) is 27.2. The van der Waals surface area contributed by atoms with Crippen LogP contribution in [0.4, 0.5) is 27.6 Å². The monoisotopic (exact) mass is 535 g/mol. The van der Waals surface area contributed by atoms with Crippen LogP contribution in [0, 0.1) is 11.6 Å². The molecule has 2 aromatic carbocycles. The molecule has 0 aliphatic carbocycles. The van der Waals surface area contributed by atoms with Crippen LogP contribution < -0.4 is 14.8 Å². The van der Waals surface area contributed by atoms with Crippen LogP contribution in [0.5, 0.6) is 5.75 Å². The quantitative estimate of drug-likeness (QED) is 0.522. The van der Waals surface area contributed by atoms with E-state index in [2.05, 4.69) is 10.3 Å². The molecule has 1 aliphatic rings. The smallest absolute Gasteiger partial charge is 0.395 e. The van der Waals surface area contributed by atoms with Gasteiger partial charge in [-0.15, -0.1) is 0 Å². The van der Waals surface area contributed by atoms with Gasteiger partial charge < -0.3 is 14.8 Å². The summed E-state index contributed by atoms with van der Waals surface area (Å²) in [6.45, 7) is 2.23. The van der Waals surface area contributed by atoms with Gasteiger partial charge in [0.2, 0.25) is 15.9 Å². The number of benzene rings is 2. The minimum atomic E-state index is -4.43. The van der Waals surface area contributed by atoms with E-state index in [1.54, 1.807) is 4.72 Å². The van der Waals surface area contributed by atoms with Crippen LogP contribution in [0.1, 0.15) is 36.9 Å². The highest BCUT2D eigenvalue weighted by atomic mass is 32.2. The molecular weight excluding hydrogens is 513 g/mol. The Morgan fingerprint density at radius 2 is 1.78 bits per heavy atom. The molecule has 2 aromatic rings. The predicted octanol–water partition coefficient (Wildman–Crippen LogP) is 4.01. The highest BCUT2D eigenvalue weighted by molar-refractivity contribution is 7.92. The van der Waals surface area contributed by atoms with Crippen LogP contribution in [0.15, 0.2) is 41.4 Å². The van der Waals surface area contributed by atoms with Gasteiger partial charge in [-0.3, -0.25) is 9.52 Å². The summed E-state index contributed by atoms with van der Waals surface area (Å²) in [7, 11) is -3.92. The predicted molar refractivity (Wildman–Crippen MR) is 120 cm³/mol. The van der Waals surface area contributed by atoms with Crippen molar-refractivity contribution >= 4 is 27.7 Å². The second-order valence-corrected chi connectivity index (χ2v) is 9.87. The van der Waals surface area contributed by atoms with E-state index in [1.165, 1.54) is 31.2 Å². The minimum absolute atomic E-state index is 0.0207. The van der Waals surface area contributed by atoms with E-state index < -0.39 is 57.4 Å². The number of rotatable bonds is 7. The van der Waals surface area contributed by atoms with Gasteiger partial charge in [-0.25, -0.2) is 17.2 Å². The van der Waals surface area contributed by atoms with Crippen molar-refractivity contribution in [2.75, 3.05) is 17.6 Å². The molecule has 36 heavy (non-hydrogen) atoms. The van der Waals surface area contributed by atoms with Gasteiger partial charge in [-0.05, 0) is 49.2 Å². The lowest BCUT2D eigenvalue weighted by molar-refractivity contribution is -0.146. The lowest BCUT2D eigenvalue weighted by atomic mass is 10.0. The van der Waals surface area contributed by atoms with Gasteiger partial charge in [-0.2, -0.15) is 18.2 Å². The molecule has 196 valence electrons. The molecule has 3 rings (SSSR count). The minimum Gasteiger partial charge on any atom is -0.448 e. The van der Waals surface area contributed by atoms with E-state index in [4.69, 9.17) is 9.47 Å². The number of aliphatic imine (C=N–C) groups is 1. The first-order valence-corrected chi connectivity index (χ1v) is 12.4. The van der Waals surface area contributed by atoms with E-state index >= 15 is 0 Å². The number of halogens is 5. The number of nitrogens with zero attached hydrogens (tertiary/aromatic N) is 1. The zero-order chi connectivity index (χ0) is 26.8. The lowest BCUT2D eigenvalue weighted by Gasteiger charge is -2.17. The lowest BCUT2D eigenvalue weighted by Crippen LogP contribution is -2.36. The Hall–Kier alpha value is -3.42. The van der Waals surface area contributed by atoms with E-state index in [9.17, 15) is 35.2 Å². The molecule has 0 saturated heterocycles. The maximum absolute atomic E-state index is 14.2. The molecule has 8 nitrogen and oxygen atoms in total. The highest BCUT2D eigenvalue weighted by Crippen LogP contribution is 2.35. The average molecular weight is 535 g/mol. The number of carbonyl (C=O) groups is 1. The molecule has 0 radical (unpaired) electrons. The van der Waals surface area contributed by atoms with Gasteiger partial charge in [0.25, 0.3) is 0 Å². The van der Waals surface area contributed by atoms with Crippen LogP contribution >= 0.6 is 0 Å². The third kappa shape index (κ3) is 6.83. The van der Waals surface area contributed by atoms with Gasteiger partial charge >= 0.3 is 12.3 Å². The number of ether oxygens (including phenoxy) is 2. The molecule has 0 aromatic heterocycles. The molecule has 0 saturated carbocycles. The van der Waals surface area contributed by atoms with Gasteiger partial charge in [-0.1, -0.05) is 12.1 Å². The largest absolute Gasteiger partial charge is 0.448 e. The Morgan fingerprint density at radius 1 is 1.14 bits per heavy atom. The SMILES string of the molecule is CC(c1cccc(OC2=NC(C(=O)N[C@H](C)c3cc(F)c(NS(C)(=O)=O)c(F)c3)CO2)c1)C(F)(F)F. The molecule has 1 amide bonds. The fourth-order valence-electron chi connectivity index (χ4n) is 3.20. The Balaban J connectivity index is 1.66. The highest BCUT2D eigenvalue weighted by Gasteiger charge is 2.37. The number of anilines is 1. The van der Waals surface area contributed by atoms with Gasteiger partial charge in [0, 0.05) is 0 Å². The van der Waals surface area contributed by atoms with Crippen LogP contribution in [0.25, 0.3) is 0 Å². The summed E-state index contributed by atoms with van der Waals surface area (Å²) < 4.78 is 102. The summed E-state index contributed by atoms with van der Waals surface area (Å²) >= 11 is 0. The summed E-state index contributed by atoms with van der Waals surface area (Å²) in [5, 5.41) is 2.51. The molecule has 0 fully saturated rings. The van der Waals surface area contributed by atoms with Crippen molar-refractivity contribution < 1.29 is 44.6 Å². The summed E-state index contributed by atoms with van der Waals surface area (Å²) in [6, 6.07) is 5.04. The third-order valence-corrected chi connectivity index (χ3v) is 5.77. The van der Waals surface area contributed by atoms with Crippen molar-refractivity contribution in [2.24, 2.45) is 4.99 Å². The second-order valence-electron chi connectivity index (χ2n) is 8.12.